The molecule has 0 aromatic carbocycles. The van der Waals surface area contributed by atoms with Crippen LogP contribution in [-0.4, -0.2) is 17.5 Å². The third-order valence-corrected chi connectivity index (χ3v) is 2.96. The van der Waals surface area contributed by atoms with E-state index in [4.69, 9.17) is 0 Å². The molecule has 4 heteroatoms. The molecule has 0 unspecified atom stereocenters. The largest absolute Gasteiger partial charge is 0.401 e. The second-order valence-corrected chi connectivity index (χ2v) is 4.58. The molecule has 0 spiro atoms. The summed E-state index contributed by atoms with van der Waals surface area (Å²) >= 11 is 0. The fourth-order valence-electron chi connectivity index (χ4n) is 1.88. The van der Waals surface area contributed by atoms with Crippen molar-refractivity contribution < 1.29 is 14.4 Å². The fraction of sp³-hybridized carbons (Fsp3) is 0.533. The van der Waals surface area contributed by atoms with Crippen molar-refractivity contribution in [1.29, 1.82) is 0 Å². The van der Waals surface area contributed by atoms with Crippen molar-refractivity contribution in [1.82, 2.24) is 0 Å². The van der Waals surface area contributed by atoms with Gasteiger partial charge in [0.1, 0.15) is 0 Å². The standard InChI is InChI=1S/C15H21NO3/c1-2-3-4-5-9-12-14(17)15(18)19-16-13-10-7-6-8-11-13/h2-4H,1,5-12H2/b4-3-. The maximum Gasteiger partial charge on any atom is 0.401 e. The van der Waals surface area contributed by atoms with Crippen LogP contribution in [0.25, 0.3) is 0 Å². The monoisotopic (exact) mass is 263 g/mol. The van der Waals surface area contributed by atoms with Gasteiger partial charge >= 0.3 is 5.97 Å². The average molecular weight is 263 g/mol. The van der Waals surface area contributed by atoms with Gasteiger partial charge in [0, 0.05) is 6.42 Å². The molecule has 1 aliphatic rings. The summed E-state index contributed by atoms with van der Waals surface area (Å²) in [6.45, 7) is 3.55. The van der Waals surface area contributed by atoms with Crippen LogP contribution < -0.4 is 0 Å². The second-order valence-electron chi connectivity index (χ2n) is 4.58. The summed E-state index contributed by atoms with van der Waals surface area (Å²) in [7, 11) is 0. The molecule has 19 heavy (non-hydrogen) atoms. The Bertz CT molecular complexity index is 375. The molecule has 4 nitrogen and oxygen atoms in total. The number of hydrogen-bond donors (Lipinski definition) is 0. The van der Waals surface area contributed by atoms with E-state index in [1.165, 1.54) is 6.42 Å². The third-order valence-electron chi connectivity index (χ3n) is 2.96. The van der Waals surface area contributed by atoms with Crippen molar-refractivity contribution in [2.75, 3.05) is 0 Å². The molecule has 1 aliphatic carbocycles. The first-order valence-electron chi connectivity index (χ1n) is 6.81. The zero-order valence-corrected chi connectivity index (χ0v) is 11.3. The summed E-state index contributed by atoms with van der Waals surface area (Å²) in [6.07, 6.45) is 12.1. The minimum absolute atomic E-state index is 0.200. The van der Waals surface area contributed by atoms with E-state index in [0.717, 1.165) is 37.8 Å². The number of allylic oxidation sites excluding steroid dienone is 3. The minimum Gasteiger partial charge on any atom is -0.310 e. The lowest BCUT2D eigenvalue weighted by Gasteiger charge is -2.10. The maximum atomic E-state index is 11.5. The molecule has 0 N–H and O–H groups in total. The first kappa shape index (κ1) is 15.3. The van der Waals surface area contributed by atoms with E-state index in [9.17, 15) is 9.59 Å². The van der Waals surface area contributed by atoms with Crippen LogP contribution in [0.4, 0.5) is 0 Å². The molecule has 0 heterocycles. The highest BCUT2D eigenvalue weighted by atomic mass is 16.7. The summed E-state index contributed by atoms with van der Waals surface area (Å²) in [6, 6.07) is 0. The smallest absolute Gasteiger partial charge is 0.310 e. The lowest BCUT2D eigenvalue weighted by molar-refractivity contribution is -0.154. The molecule has 104 valence electrons. The molecule has 0 bridgehead atoms. The Morgan fingerprint density at radius 2 is 2.00 bits per heavy atom. The molecule has 0 saturated heterocycles. The molecule has 0 aliphatic heterocycles. The van der Waals surface area contributed by atoms with Crippen LogP contribution in [0.2, 0.25) is 0 Å². The van der Waals surface area contributed by atoms with Crippen LogP contribution >= 0.6 is 0 Å². The minimum atomic E-state index is -0.842. The van der Waals surface area contributed by atoms with Crippen molar-refractivity contribution in [3.63, 3.8) is 0 Å². The number of Topliss-reactive ketones (excluding diaryl/α,β-unsaturated/α-hetero) is 1. The van der Waals surface area contributed by atoms with Crippen molar-refractivity contribution in [3.05, 3.63) is 24.8 Å². The molecule has 1 fully saturated rings. The molecule has 0 aromatic rings. The summed E-state index contributed by atoms with van der Waals surface area (Å²) in [5.74, 6) is -1.35. The van der Waals surface area contributed by atoms with Gasteiger partial charge in [0.05, 0.1) is 5.71 Å². The van der Waals surface area contributed by atoms with Gasteiger partial charge in [0.2, 0.25) is 5.78 Å². The third kappa shape index (κ3) is 6.70. The van der Waals surface area contributed by atoms with Crippen LogP contribution in [0.5, 0.6) is 0 Å². The van der Waals surface area contributed by atoms with E-state index in [2.05, 4.69) is 16.6 Å². The van der Waals surface area contributed by atoms with E-state index in [1.54, 1.807) is 6.08 Å². The molecule has 0 radical (unpaired) electrons. The summed E-state index contributed by atoms with van der Waals surface area (Å²) in [4.78, 5) is 27.5. The van der Waals surface area contributed by atoms with E-state index >= 15 is 0 Å². The fourth-order valence-corrected chi connectivity index (χ4v) is 1.88. The summed E-state index contributed by atoms with van der Waals surface area (Å²) < 4.78 is 0. The van der Waals surface area contributed by atoms with Crippen LogP contribution in [0, 0.1) is 0 Å². The molecular weight excluding hydrogens is 242 g/mol. The van der Waals surface area contributed by atoms with Gasteiger partial charge in [0.15, 0.2) is 0 Å². The molecule has 0 atom stereocenters. The number of unbranched alkanes of at least 4 members (excludes halogenated alkanes) is 1. The number of ketones is 1. The van der Waals surface area contributed by atoms with Gasteiger partial charge in [-0.3, -0.25) is 4.79 Å². The van der Waals surface area contributed by atoms with Gasteiger partial charge < -0.3 is 4.84 Å². The lowest BCUT2D eigenvalue weighted by Crippen LogP contribution is -2.16. The Morgan fingerprint density at radius 3 is 2.68 bits per heavy atom. The lowest BCUT2D eigenvalue weighted by atomic mass is 9.99. The van der Waals surface area contributed by atoms with Crippen molar-refractivity contribution in [3.8, 4) is 0 Å². The zero-order valence-electron chi connectivity index (χ0n) is 11.3. The summed E-state index contributed by atoms with van der Waals surface area (Å²) in [5, 5.41) is 3.78. The Labute approximate surface area is 114 Å². The molecule has 0 aromatic heterocycles. The predicted molar refractivity (Wildman–Crippen MR) is 74.8 cm³/mol. The SMILES string of the molecule is C=C/C=C\CCCC(=O)C(=O)ON=C1CCCCC1. The van der Waals surface area contributed by atoms with Gasteiger partial charge in [-0.1, -0.05) is 36.4 Å². The average Bonchev–Trinajstić information content (AvgIpc) is 2.45. The van der Waals surface area contributed by atoms with Crippen molar-refractivity contribution in [2.24, 2.45) is 5.16 Å². The number of hydrogen-bond acceptors (Lipinski definition) is 4. The molecule has 0 amide bonds. The Morgan fingerprint density at radius 1 is 1.26 bits per heavy atom. The number of nitrogens with zero attached hydrogens (tertiary/aromatic N) is 1. The van der Waals surface area contributed by atoms with Gasteiger partial charge in [-0.15, -0.1) is 0 Å². The van der Waals surface area contributed by atoms with Gasteiger partial charge in [-0.25, -0.2) is 4.79 Å². The number of oxime groups is 1. The van der Waals surface area contributed by atoms with E-state index in [1.807, 2.05) is 12.2 Å². The van der Waals surface area contributed by atoms with E-state index < -0.39 is 11.8 Å². The highest BCUT2D eigenvalue weighted by Gasteiger charge is 2.16. The molecule has 1 rings (SSSR count). The quantitative estimate of drug-likeness (QED) is 0.233. The normalized spacial score (nSPS) is 15.3. The van der Waals surface area contributed by atoms with Crippen LogP contribution in [0.1, 0.15) is 51.4 Å². The Balaban J connectivity index is 2.22. The van der Waals surface area contributed by atoms with Gasteiger partial charge in [0.25, 0.3) is 0 Å². The van der Waals surface area contributed by atoms with E-state index in [0.29, 0.717) is 6.42 Å². The molecule has 1 saturated carbocycles. The maximum absolute atomic E-state index is 11.5. The van der Waals surface area contributed by atoms with E-state index in [-0.39, 0.29) is 6.42 Å². The highest BCUT2D eigenvalue weighted by Crippen LogP contribution is 2.14. The summed E-state index contributed by atoms with van der Waals surface area (Å²) in [5.41, 5.74) is 0.890. The van der Waals surface area contributed by atoms with Gasteiger partial charge in [-0.05, 0) is 38.5 Å². The first-order chi connectivity index (χ1) is 9.24. The Kier molecular flexibility index (Phi) is 7.47. The first-order valence-corrected chi connectivity index (χ1v) is 6.81. The second kappa shape index (κ2) is 9.25. The Hall–Kier alpha value is -1.71. The number of carbonyl (C=O) groups is 2. The van der Waals surface area contributed by atoms with Crippen molar-refractivity contribution in [2.45, 2.75) is 51.4 Å². The van der Waals surface area contributed by atoms with Gasteiger partial charge in [-0.2, -0.15) is 0 Å². The number of rotatable bonds is 7. The molecular formula is C15H21NO3. The highest BCUT2D eigenvalue weighted by molar-refractivity contribution is 6.33. The van der Waals surface area contributed by atoms with Crippen LogP contribution in [0.3, 0.4) is 0 Å². The zero-order chi connectivity index (χ0) is 13.9. The van der Waals surface area contributed by atoms with Crippen LogP contribution in [-0.2, 0) is 14.4 Å². The number of carbonyl (C=O) groups excluding carboxylic acids is 2. The predicted octanol–water partition coefficient (Wildman–Crippen LogP) is 3.33. The topological polar surface area (TPSA) is 55.7 Å². The van der Waals surface area contributed by atoms with Crippen LogP contribution in [0.15, 0.2) is 30.0 Å². The van der Waals surface area contributed by atoms with Crippen molar-refractivity contribution >= 4 is 17.5 Å².